The van der Waals surface area contributed by atoms with Gasteiger partial charge in [0.25, 0.3) is 0 Å². The van der Waals surface area contributed by atoms with Gasteiger partial charge in [0.05, 0.1) is 17.9 Å². The molecular weight excluding hydrogens is 302 g/mol. The molecular formula is C16H22ClN3O2. The third kappa shape index (κ3) is 2.86. The number of ether oxygens (including phenoxy) is 1. The first-order valence-corrected chi connectivity index (χ1v) is 7.99. The smallest absolute Gasteiger partial charge is 0.410 e. The van der Waals surface area contributed by atoms with Crippen molar-refractivity contribution in [2.75, 3.05) is 24.5 Å². The molecule has 0 spiro atoms. The molecule has 0 radical (unpaired) electrons. The molecule has 0 aromatic carbocycles. The summed E-state index contributed by atoms with van der Waals surface area (Å²) in [5.74, 6) is 0.517. The van der Waals surface area contributed by atoms with Crippen LogP contribution in [0.3, 0.4) is 0 Å². The highest BCUT2D eigenvalue weighted by Crippen LogP contribution is 2.36. The Morgan fingerprint density at radius 1 is 1.36 bits per heavy atom. The van der Waals surface area contributed by atoms with Crippen LogP contribution >= 0.6 is 11.6 Å². The lowest BCUT2D eigenvalue weighted by Crippen LogP contribution is -2.59. The Morgan fingerprint density at radius 3 is 2.73 bits per heavy atom. The van der Waals surface area contributed by atoms with Gasteiger partial charge in [-0.1, -0.05) is 11.6 Å². The molecule has 0 unspecified atom stereocenters. The molecule has 1 aromatic rings. The van der Waals surface area contributed by atoms with Gasteiger partial charge in [0.2, 0.25) is 0 Å². The van der Waals surface area contributed by atoms with Crippen molar-refractivity contribution in [1.82, 2.24) is 9.88 Å². The third-order valence-corrected chi connectivity index (χ3v) is 4.63. The Kier molecular flexibility index (Phi) is 3.71. The van der Waals surface area contributed by atoms with Crippen molar-refractivity contribution in [3.05, 3.63) is 23.0 Å². The number of aromatic nitrogens is 1. The topological polar surface area (TPSA) is 45.7 Å². The van der Waals surface area contributed by atoms with Crippen molar-refractivity contribution < 1.29 is 9.53 Å². The Balaban J connectivity index is 1.65. The maximum absolute atomic E-state index is 12.2. The predicted molar refractivity (Wildman–Crippen MR) is 86.4 cm³/mol. The molecule has 3 heterocycles. The van der Waals surface area contributed by atoms with Crippen molar-refractivity contribution in [2.24, 2.45) is 5.92 Å². The van der Waals surface area contributed by atoms with E-state index in [-0.39, 0.29) is 12.1 Å². The fourth-order valence-electron chi connectivity index (χ4n) is 3.09. The molecule has 2 aliphatic rings. The molecule has 3 rings (SSSR count). The summed E-state index contributed by atoms with van der Waals surface area (Å²) in [6.45, 7) is 10.2. The van der Waals surface area contributed by atoms with Crippen molar-refractivity contribution in [2.45, 2.75) is 39.3 Å². The van der Waals surface area contributed by atoms with Crippen LogP contribution in [0.25, 0.3) is 0 Å². The van der Waals surface area contributed by atoms with Crippen LogP contribution in [0.2, 0.25) is 5.15 Å². The minimum Gasteiger partial charge on any atom is -0.444 e. The highest BCUT2D eigenvalue weighted by Gasteiger charge is 2.49. The van der Waals surface area contributed by atoms with E-state index in [2.05, 4.69) is 16.0 Å². The number of fused-ring (bicyclic) bond motifs is 1. The van der Waals surface area contributed by atoms with Crippen molar-refractivity contribution in [1.29, 1.82) is 0 Å². The number of halogens is 1. The lowest BCUT2D eigenvalue weighted by atomic mass is 9.93. The molecule has 6 heteroatoms. The van der Waals surface area contributed by atoms with Gasteiger partial charge in [-0.15, -0.1) is 0 Å². The van der Waals surface area contributed by atoms with Crippen LogP contribution in [0, 0.1) is 12.8 Å². The van der Waals surface area contributed by atoms with Gasteiger partial charge in [-0.3, -0.25) is 0 Å². The molecule has 0 N–H and O–H groups in total. The van der Waals surface area contributed by atoms with E-state index in [9.17, 15) is 4.79 Å². The summed E-state index contributed by atoms with van der Waals surface area (Å²) in [6, 6.07) is 2.29. The summed E-state index contributed by atoms with van der Waals surface area (Å²) in [6.07, 6.45) is 1.60. The van der Waals surface area contributed by atoms with E-state index in [4.69, 9.17) is 16.3 Å². The van der Waals surface area contributed by atoms with E-state index in [0.717, 1.165) is 30.9 Å². The van der Waals surface area contributed by atoms with E-state index in [1.54, 1.807) is 6.20 Å². The van der Waals surface area contributed by atoms with Crippen LogP contribution in [0.15, 0.2) is 12.3 Å². The number of pyridine rings is 1. The summed E-state index contributed by atoms with van der Waals surface area (Å²) in [5.41, 5.74) is 1.60. The van der Waals surface area contributed by atoms with E-state index in [1.165, 1.54) is 0 Å². The highest BCUT2D eigenvalue weighted by atomic mass is 35.5. The standard InChI is InChI=1S/C16H22ClN3O2/c1-10-5-12(6-18-14(10)17)19-7-11-8-20(13(11)9-19)15(21)22-16(2,3)4/h5-6,11,13H,7-9H2,1-4H3/t11-,13-/m1/s1. The number of amides is 1. The van der Waals surface area contributed by atoms with Gasteiger partial charge in [0.15, 0.2) is 0 Å². The van der Waals surface area contributed by atoms with Gasteiger partial charge in [-0.05, 0) is 39.3 Å². The number of likely N-dealkylation sites (tertiary alicyclic amines) is 1. The number of carbonyl (C=O) groups is 1. The zero-order valence-electron chi connectivity index (χ0n) is 13.5. The maximum Gasteiger partial charge on any atom is 0.410 e. The normalized spacial score (nSPS) is 24.0. The molecule has 22 heavy (non-hydrogen) atoms. The first-order chi connectivity index (χ1) is 10.2. The molecule has 1 aromatic heterocycles. The number of hydrogen-bond donors (Lipinski definition) is 0. The van der Waals surface area contributed by atoms with Crippen LogP contribution in [-0.4, -0.2) is 47.3 Å². The van der Waals surface area contributed by atoms with E-state index >= 15 is 0 Å². The molecule has 2 saturated heterocycles. The van der Waals surface area contributed by atoms with Crippen LogP contribution in [0.4, 0.5) is 10.5 Å². The van der Waals surface area contributed by atoms with Crippen LogP contribution < -0.4 is 4.90 Å². The van der Waals surface area contributed by atoms with Crippen LogP contribution in [-0.2, 0) is 4.74 Å². The highest BCUT2D eigenvalue weighted by molar-refractivity contribution is 6.30. The maximum atomic E-state index is 12.2. The lowest BCUT2D eigenvalue weighted by Gasteiger charge is -2.43. The molecule has 2 aliphatic heterocycles. The minimum atomic E-state index is -0.447. The van der Waals surface area contributed by atoms with Crippen LogP contribution in [0.1, 0.15) is 26.3 Å². The second-order valence-corrected chi connectivity index (χ2v) is 7.52. The molecule has 1 amide bonds. The Labute approximate surface area is 136 Å². The minimum absolute atomic E-state index is 0.207. The second-order valence-electron chi connectivity index (χ2n) is 7.17. The van der Waals surface area contributed by atoms with Gasteiger partial charge in [0, 0.05) is 25.6 Å². The lowest BCUT2D eigenvalue weighted by molar-refractivity contribution is -0.0163. The van der Waals surface area contributed by atoms with Crippen molar-refractivity contribution >= 4 is 23.4 Å². The summed E-state index contributed by atoms with van der Waals surface area (Å²) in [5, 5.41) is 0.543. The molecule has 0 saturated carbocycles. The monoisotopic (exact) mass is 323 g/mol. The first-order valence-electron chi connectivity index (χ1n) is 7.61. The zero-order valence-corrected chi connectivity index (χ0v) is 14.2. The van der Waals surface area contributed by atoms with E-state index in [1.807, 2.05) is 32.6 Å². The van der Waals surface area contributed by atoms with Gasteiger partial charge < -0.3 is 14.5 Å². The third-order valence-electron chi connectivity index (χ3n) is 4.23. The summed E-state index contributed by atoms with van der Waals surface area (Å²) in [7, 11) is 0. The molecule has 0 bridgehead atoms. The predicted octanol–water partition coefficient (Wildman–Crippen LogP) is 3.10. The molecule has 2 fully saturated rings. The molecule has 5 nitrogen and oxygen atoms in total. The zero-order chi connectivity index (χ0) is 16.1. The average Bonchev–Trinajstić information content (AvgIpc) is 2.69. The van der Waals surface area contributed by atoms with E-state index in [0.29, 0.717) is 11.1 Å². The fraction of sp³-hybridized carbons (Fsp3) is 0.625. The quantitative estimate of drug-likeness (QED) is 0.745. The summed E-state index contributed by atoms with van der Waals surface area (Å²) in [4.78, 5) is 20.5. The van der Waals surface area contributed by atoms with Gasteiger partial charge >= 0.3 is 6.09 Å². The number of anilines is 1. The molecule has 120 valence electrons. The SMILES string of the molecule is Cc1cc(N2C[C@@H]3CN(C(=O)OC(C)(C)C)[C@@H]3C2)cnc1Cl. The van der Waals surface area contributed by atoms with Gasteiger partial charge in [0.1, 0.15) is 10.8 Å². The summed E-state index contributed by atoms with van der Waals surface area (Å²) >= 11 is 5.98. The Hall–Kier alpha value is -1.49. The second kappa shape index (κ2) is 5.30. The Morgan fingerprint density at radius 2 is 2.09 bits per heavy atom. The number of carbonyl (C=O) groups excluding carboxylic acids is 1. The van der Waals surface area contributed by atoms with Crippen molar-refractivity contribution in [3.8, 4) is 0 Å². The number of rotatable bonds is 1. The number of hydrogen-bond acceptors (Lipinski definition) is 4. The number of aryl methyl sites for hydroxylation is 1. The van der Waals surface area contributed by atoms with Crippen LogP contribution in [0.5, 0.6) is 0 Å². The largest absolute Gasteiger partial charge is 0.444 e. The fourth-order valence-corrected chi connectivity index (χ4v) is 3.20. The molecule has 0 aliphatic carbocycles. The van der Waals surface area contributed by atoms with Gasteiger partial charge in [-0.25, -0.2) is 9.78 Å². The van der Waals surface area contributed by atoms with Crippen molar-refractivity contribution in [3.63, 3.8) is 0 Å². The van der Waals surface area contributed by atoms with Gasteiger partial charge in [-0.2, -0.15) is 0 Å². The number of nitrogens with zero attached hydrogens (tertiary/aromatic N) is 3. The first kappa shape index (κ1) is 15.4. The Bertz CT molecular complexity index is 600. The summed E-state index contributed by atoms with van der Waals surface area (Å²) < 4.78 is 5.46. The van der Waals surface area contributed by atoms with E-state index < -0.39 is 5.60 Å². The molecule has 2 atom stereocenters. The average molecular weight is 324 g/mol.